The van der Waals surface area contributed by atoms with Crippen LogP contribution in [-0.4, -0.2) is 19.0 Å². The summed E-state index contributed by atoms with van der Waals surface area (Å²) >= 11 is 0. The smallest absolute Gasteiger partial charge is 0.172 e. The summed E-state index contributed by atoms with van der Waals surface area (Å²) in [5.41, 5.74) is 0.610. The number of hydrogen-bond acceptors (Lipinski definition) is 3. The molecule has 1 aromatic rings. The van der Waals surface area contributed by atoms with Crippen LogP contribution in [-0.2, 0) is 0 Å². The monoisotopic (exact) mass is 218 g/mol. The van der Waals surface area contributed by atoms with Crippen molar-refractivity contribution in [1.29, 1.82) is 0 Å². The Hall–Kier alpha value is -1.77. The molecule has 0 radical (unpaired) electrons. The fourth-order valence-electron chi connectivity index (χ4n) is 1.66. The van der Waals surface area contributed by atoms with Crippen LogP contribution in [0, 0.1) is 0 Å². The van der Waals surface area contributed by atoms with Gasteiger partial charge in [0.25, 0.3) is 0 Å². The first-order valence-corrected chi connectivity index (χ1v) is 5.35. The van der Waals surface area contributed by atoms with Crippen LogP contribution in [0.4, 0.5) is 0 Å². The van der Waals surface area contributed by atoms with Crippen molar-refractivity contribution >= 4 is 5.78 Å². The standard InChI is InChI=1S/C13H14O3/c1-2-3-6-11(14)10-5-4-7-12-13(10)16-9-8-15-12/h2,4-5,7H,1,3,6,8-9H2. The first-order valence-electron chi connectivity index (χ1n) is 5.35. The molecule has 16 heavy (non-hydrogen) atoms. The molecule has 0 aliphatic carbocycles. The Kier molecular flexibility index (Phi) is 3.25. The van der Waals surface area contributed by atoms with Gasteiger partial charge in [0.1, 0.15) is 13.2 Å². The number of rotatable bonds is 4. The highest BCUT2D eigenvalue weighted by Gasteiger charge is 2.19. The summed E-state index contributed by atoms with van der Waals surface area (Å²) in [5.74, 6) is 1.32. The van der Waals surface area contributed by atoms with E-state index in [2.05, 4.69) is 6.58 Å². The second kappa shape index (κ2) is 4.84. The minimum atomic E-state index is 0.0715. The molecule has 1 aliphatic heterocycles. The van der Waals surface area contributed by atoms with Gasteiger partial charge in [-0.25, -0.2) is 0 Å². The Bertz CT molecular complexity index is 410. The summed E-state index contributed by atoms with van der Waals surface area (Å²) in [6.07, 6.45) is 2.89. The highest BCUT2D eigenvalue weighted by atomic mass is 16.6. The highest BCUT2D eigenvalue weighted by molar-refractivity contribution is 5.99. The first kappa shape index (κ1) is 10.7. The number of carbonyl (C=O) groups is 1. The van der Waals surface area contributed by atoms with Crippen molar-refractivity contribution in [1.82, 2.24) is 0 Å². The average molecular weight is 218 g/mol. The van der Waals surface area contributed by atoms with Crippen LogP contribution in [0.15, 0.2) is 30.9 Å². The van der Waals surface area contributed by atoms with Gasteiger partial charge in [-0.15, -0.1) is 6.58 Å². The Balaban J connectivity index is 2.26. The quantitative estimate of drug-likeness (QED) is 0.575. The SMILES string of the molecule is C=CCCC(=O)c1cccc2c1OCCO2. The van der Waals surface area contributed by atoms with Gasteiger partial charge in [-0.3, -0.25) is 4.79 Å². The number of allylic oxidation sites excluding steroid dienone is 1. The maximum absolute atomic E-state index is 11.9. The predicted molar refractivity (Wildman–Crippen MR) is 61.2 cm³/mol. The van der Waals surface area contributed by atoms with Crippen molar-refractivity contribution in [3.05, 3.63) is 36.4 Å². The van der Waals surface area contributed by atoms with Gasteiger partial charge < -0.3 is 9.47 Å². The van der Waals surface area contributed by atoms with Crippen molar-refractivity contribution in [3.63, 3.8) is 0 Å². The molecule has 0 bridgehead atoms. The number of Topliss-reactive ketones (excluding diaryl/α,β-unsaturated/α-hetero) is 1. The summed E-state index contributed by atoms with van der Waals surface area (Å²) in [7, 11) is 0. The van der Waals surface area contributed by atoms with Crippen LogP contribution in [0.25, 0.3) is 0 Å². The van der Waals surface area contributed by atoms with Crippen molar-refractivity contribution in [2.45, 2.75) is 12.8 Å². The van der Waals surface area contributed by atoms with Gasteiger partial charge in [-0.1, -0.05) is 12.1 Å². The summed E-state index contributed by atoms with van der Waals surface area (Å²) < 4.78 is 10.9. The maximum Gasteiger partial charge on any atom is 0.172 e. The van der Waals surface area contributed by atoms with Crippen molar-refractivity contribution in [3.8, 4) is 11.5 Å². The van der Waals surface area contributed by atoms with E-state index in [1.807, 2.05) is 12.1 Å². The van der Waals surface area contributed by atoms with E-state index >= 15 is 0 Å². The van der Waals surface area contributed by atoms with Gasteiger partial charge in [0.05, 0.1) is 5.56 Å². The lowest BCUT2D eigenvalue weighted by molar-refractivity contribution is 0.0972. The zero-order valence-electron chi connectivity index (χ0n) is 9.07. The molecule has 0 spiro atoms. The van der Waals surface area contributed by atoms with Crippen molar-refractivity contribution in [2.75, 3.05) is 13.2 Å². The summed E-state index contributed by atoms with van der Waals surface area (Å²) in [4.78, 5) is 11.9. The Morgan fingerprint density at radius 2 is 2.19 bits per heavy atom. The molecule has 0 N–H and O–H groups in total. The van der Waals surface area contributed by atoms with Gasteiger partial charge in [-0.05, 0) is 18.6 Å². The van der Waals surface area contributed by atoms with Crippen LogP contribution in [0.2, 0.25) is 0 Å². The van der Waals surface area contributed by atoms with E-state index in [1.54, 1.807) is 12.1 Å². The normalized spacial score (nSPS) is 13.2. The number of ketones is 1. The van der Waals surface area contributed by atoms with Gasteiger partial charge in [0.15, 0.2) is 17.3 Å². The molecule has 0 amide bonds. The van der Waals surface area contributed by atoms with E-state index in [9.17, 15) is 4.79 Å². The highest BCUT2D eigenvalue weighted by Crippen LogP contribution is 2.34. The second-order valence-electron chi connectivity index (χ2n) is 3.58. The van der Waals surface area contributed by atoms with Crippen LogP contribution in [0.3, 0.4) is 0 Å². The zero-order chi connectivity index (χ0) is 11.4. The van der Waals surface area contributed by atoms with Gasteiger partial charge in [-0.2, -0.15) is 0 Å². The lowest BCUT2D eigenvalue weighted by atomic mass is 10.0. The Labute approximate surface area is 94.7 Å². The van der Waals surface area contributed by atoms with Gasteiger partial charge >= 0.3 is 0 Å². The molecule has 1 heterocycles. The number of benzene rings is 1. The number of para-hydroxylation sites is 1. The van der Waals surface area contributed by atoms with E-state index in [0.29, 0.717) is 43.1 Å². The van der Waals surface area contributed by atoms with Crippen LogP contribution in [0.1, 0.15) is 23.2 Å². The summed E-state index contributed by atoms with van der Waals surface area (Å²) in [5, 5.41) is 0. The fourth-order valence-corrected chi connectivity index (χ4v) is 1.66. The van der Waals surface area contributed by atoms with E-state index in [1.165, 1.54) is 0 Å². The number of hydrogen-bond donors (Lipinski definition) is 0. The Morgan fingerprint density at radius 1 is 1.38 bits per heavy atom. The Morgan fingerprint density at radius 3 is 3.00 bits per heavy atom. The molecule has 3 nitrogen and oxygen atoms in total. The minimum absolute atomic E-state index is 0.0715. The summed E-state index contributed by atoms with van der Waals surface area (Å²) in [6, 6.07) is 5.41. The molecule has 0 aromatic heterocycles. The molecule has 1 aromatic carbocycles. The molecule has 0 saturated heterocycles. The molecule has 0 fully saturated rings. The molecule has 2 rings (SSSR count). The van der Waals surface area contributed by atoms with Crippen molar-refractivity contribution in [2.24, 2.45) is 0 Å². The lowest BCUT2D eigenvalue weighted by Gasteiger charge is -2.20. The molecule has 0 unspecified atom stereocenters. The number of carbonyl (C=O) groups excluding carboxylic acids is 1. The number of fused-ring (bicyclic) bond motifs is 1. The third-order valence-corrected chi connectivity index (χ3v) is 2.44. The lowest BCUT2D eigenvalue weighted by Crippen LogP contribution is -2.17. The average Bonchev–Trinajstić information content (AvgIpc) is 2.35. The third-order valence-electron chi connectivity index (χ3n) is 2.44. The van der Waals surface area contributed by atoms with Crippen LogP contribution in [0.5, 0.6) is 11.5 Å². The number of ether oxygens (including phenoxy) is 2. The first-order chi connectivity index (χ1) is 7.83. The third kappa shape index (κ3) is 2.08. The molecule has 84 valence electrons. The molecule has 1 aliphatic rings. The minimum Gasteiger partial charge on any atom is -0.486 e. The van der Waals surface area contributed by atoms with Crippen LogP contribution < -0.4 is 9.47 Å². The molecule has 0 atom stereocenters. The van der Waals surface area contributed by atoms with Gasteiger partial charge in [0, 0.05) is 6.42 Å². The second-order valence-corrected chi connectivity index (χ2v) is 3.58. The van der Waals surface area contributed by atoms with E-state index in [0.717, 1.165) is 0 Å². The van der Waals surface area contributed by atoms with Gasteiger partial charge in [0.2, 0.25) is 0 Å². The largest absolute Gasteiger partial charge is 0.486 e. The summed E-state index contributed by atoms with van der Waals surface area (Å²) in [6.45, 7) is 4.64. The van der Waals surface area contributed by atoms with E-state index < -0.39 is 0 Å². The maximum atomic E-state index is 11.9. The molecule has 0 saturated carbocycles. The van der Waals surface area contributed by atoms with E-state index in [4.69, 9.17) is 9.47 Å². The molecular formula is C13H14O3. The van der Waals surface area contributed by atoms with Crippen molar-refractivity contribution < 1.29 is 14.3 Å². The molecule has 3 heteroatoms. The fraction of sp³-hybridized carbons (Fsp3) is 0.308. The predicted octanol–water partition coefficient (Wildman–Crippen LogP) is 2.61. The van der Waals surface area contributed by atoms with E-state index in [-0.39, 0.29) is 5.78 Å². The zero-order valence-corrected chi connectivity index (χ0v) is 9.07. The molecular weight excluding hydrogens is 204 g/mol. The van der Waals surface area contributed by atoms with Crippen LogP contribution >= 0.6 is 0 Å². The topological polar surface area (TPSA) is 35.5 Å².